The number of anilines is 1. The Hall–Kier alpha value is -2.53. The zero-order chi connectivity index (χ0) is 16.4. The molecule has 1 aromatic heterocycles. The van der Waals surface area contributed by atoms with E-state index in [1.54, 1.807) is 19.2 Å². The Labute approximate surface area is 145 Å². The Morgan fingerprint density at radius 3 is 2.71 bits per heavy atom. The number of hydrogen-bond acceptors (Lipinski definition) is 4. The first-order chi connectivity index (χ1) is 11.1. The van der Waals surface area contributed by atoms with E-state index in [4.69, 9.17) is 21.4 Å². The van der Waals surface area contributed by atoms with Crippen molar-refractivity contribution in [2.75, 3.05) is 19.0 Å². The van der Waals surface area contributed by atoms with Crippen molar-refractivity contribution in [2.24, 2.45) is 0 Å². The van der Waals surface area contributed by atoms with E-state index in [1.165, 1.54) is 0 Å². The summed E-state index contributed by atoms with van der Waals surface area (Å²) >= 11 is 6.06. The quantitative estimate of drug-likeness (QED) is 0.662. The molecule has 0 saturated carbocycles. The number of fused-ring (bicyclic) bond motifs is 2. The number of carboxylic acids is 1. The van der Waals surface area contributed by atoms with Crippen LogP contribution in [0.2, 0.25) is 5.02 Å². The van der Waals surface area contributed by atoms with Gasteiger partial charge in [-0.1, -0.05) is 19.0 Å². The molecule has 2 aromatic carbocycles. The van der Waals surface area contributed by atoms with Gasteiger partial charge in [0.05, 0.1) is 30.3 Å². The lowest BCUT2D eigenvalue weighted by atomic mass is 10.1. The van der Waals surface area contributed by atoms with E-state index in [0.717, 1.165) is 27.5 Å². The molecule has 1 heterocycles. The zero-order valence-electron chi connectivity index (χ0n) is 12.5. The Bertz CT molecular complexity index is 896. The molecule has 5 nitrogen and oxygen atoms in total. The first-order valence-corrected chi connectivity index (χ1v) is 7.49. The fourth-order valence-corrected chi connectivity index (χ4v) is 2.67. The number of ether oxygens (including phenoxy) is 1. The van der Waals surface area contributed by atoms with Crippen molar-refractivity contribution in [3.63, 3.8) is 0 Å². The molecule has 2 N–H and O–H groups in total. The van der Waals surface area contributed by atoms with Gasteiger partial charge in [-0.25, -0.2) is 4.98 Å². The maximum absolute atomic E-state index is 10.8. The normalized spacial score (nSPS) is 10.4. The maximum Gasteiger partial charge on any atom is 0.305 e. The highest BCUT2D eigenvalue weighted by atomic mass is 35.5. The van der Waals surface area contributed by atoms with Crippen LogP contribution in [0.25, 0.3) is 21.8 Å². The van der Waals surface area contributed by atoms with Gasteiger partial charge in [0.15, 0.2) is 0 Å². The Balaban J connectivity index is 0.00000208. The molecule has 3 aromatic rings. The van der Waals surface area contributed by atoms with E-state index in [9.17, 15) is 4.79 Å². The van der Waals surface area contributed by atoms with Crippen molar-refractivity contribution in [3.8, 4) is 5.75 Å². The number of aromatic nitrogens is 1. The second-order valence-electron chi connectivity index (χ2n) is 5.10. The number of carbonyl (C=O) groups is 1. The van der Waals surface area contributed by atoms with Crippen molar-refractivity contribution in [1.29, 1.82) is 0 Å². The van der Waals surface area contributed by atoms with Gasteiger partial charge in [0.1, 0.15) is 5.75 Å². The van der Waals surface area contributed by atoms with Crippen molar-refractivity contribution in [2.45, 2.75) is 13.8 Å². The summed E-state index contributed by atoms with van der Waals surface area (Å²) in [5.41, 5.74) is 2.38. The van der Waals surface area contributed by atoms with Gasteiger partial charge in [-0.05, 0) is 36.4 Å². The molecule has 0 atom stereocenters. The van der Waals surface area contributed by atoms with Crippen molar-refractivity contribution in [1.82, 2.24) is 4.98 Å². The monoisotopic (exact) mass is 346 g/mol. The number of nitrogens with one attached hydrogen (secondary N) is 1. The summed E-state index contributed by atoms with van der Waals surface area (Å²) in [5, 5.41) is 14.4. The first-order valence-electron chi connectivity index (χ1n) is 7.11. The molecule has 0 saturated heterocycles. The molecule has 24 heavy (non-hydrogen) atoms. The van der Waals surface area contributed by atoms with Gasteiger partial charge in [0.25, 0.3) is 0 Å². The van der Waals surface area contributed by atoms with Gasteiger partial charge >= 0.3 is 5.97 Å². The summed E-state index contributed by atoms with van der Waals surface area (Å²) in [7, 11) is 1.60. The van der Waals surface area contributed by atoms with E-state index in [-0.39, 0.29) is 13.8 Å². The summed E-state index contributed by atoms with van der Waals surface area (Å²) in [5.74, 6) is -0.130. The molecule has 3 rings (SSSR count). The van der Waals surface area contributed by atoms with Gasteiger partial charge < -0.3 is 15.2 Å². The highest BCUT2D eigenvalue weighted by Crippen LogP contribution is 2.34. The van der Waals surface area contributed by atoms with E-state index in [0.29, 0.717) is 17.3 Å². The zero-order valence-corrected chi connectivity index (χ0v) is 13.2. The third-order valence-corrected chi connectivity index (χ3v) is 3.82. The lowest BCUT2D eigenvalue weighted by Gasteiger charge is -2.13. The van der Waals surface area contributed by atoms with Gasteiger partial charge in [0.2, 0.25) is 0 Å². The lowest BCUT2D eigenvalue weighted by molar-refractivity contribution is -0.136. The average molecular weight is 347 g/mol. The molecule has 0 spiro atoms. The largest absolute Gasteiger partial charge is 0.497 e. The summed E-state index contributed by atoms with van der Waals surface area (Å²) in [4.78, 5) is 15.4. The van der Waals surface area contributed by atoms with Gasteiger partial charge in [-0.2, -0.15) is 0 Å². The van der Waals surface area contributed by atoms with Crippen LogP contribution in [-0.2, 0) is 4.79 Å². The van der Waals surface area contributed by atoms with Crippen LogP contribution in [0.3, 0.4) is 0 Å². The minimum Gasteiger partial charge on any atom is -0.497 e. The smallest absolute Gasteiger partial charge is 0.305 e. The van der Waals surface area contributed by atoms with Crippen LogP contribution in [-0.4, -0.2) is 29.7 Å². The summed E-state index contributed by atoms with van der Waals surface area (Å²) in [6.45, 7) is 0.323. The predicted molar refractivity (Wildman–Crippen MR) is 98.3 cm³/mol. The first kappa shape index (κ1) is 17.8. The minimum absolute atomic E-state index is 0. The number of hydrogen-bond donors (Lipinski definition) is 2. The van der Waals surface area contributed by atoms with Gasteiger partial charge in [0, 0.05) is 22.3 Å². The predicted octanol–water partition coefficient (Wildman–Crippen LogP) is 4.57. The van der Waals surface area contributed by atoms with Crippen molar-refractivity contribution in [3.05, 3.63) is 41.4 Å². The molecule has 0 unspecified atom stereocenters. The maximum atomic E-state index is 10.8. The molecule has 0 radical (unpaired) electrons. The number of pyridine rings is 1. The second kappa shape index (κ2) is 7.36. The topological polar surface area (TPSA) is 71.5 Å². The number of rotatable bonds is 5. The molecule has 6 heteroatoms. The minimum atomic E-state index is -0.846. The molecule has 0 aliphatic rings. The van der Waals surface area contributed by atoms with Gasteiger partial charge in [-0.15, -0.1) is 0 Å². The summed E-state index contributed by atoms with van der Waals surface area (Å²) in [6.07, 6.45) is 0.0306. The summed E-state index contributed by atoms with van der Waals surface area (Å²) < 4.78 is 5.28. The molecular formula is C18H19ClN2O3. The number of methoxy groups -OCH3 is 1. The number of carboxylic acid groups (broad SMARTS) is 1. The van der Waals surface area contributed by atoms with Crippen LogP contribution >= 0.6 is 11.6 Å². The van der Waals surface area contributed by atoms with Crippen molar-refractivity contribution < 1.29 is 14.6 Å². The molecular weight excluding hydrogens is 328 g/mol. The van der Waals surface area contributed by atoms with Crippen LogP contribution < -0.4 is 10.1 Å². The molecule has 0 aliphatic carbocycles. The van der Waals surface area contributed by atoms with Crippen LogP contribution in [0.15, 0.2) is 36.4 Å². The fraction of sp³-hybridized carbons (Fsp3) is 0.222. The van der Waals surface area contributed by atoms with Crippen LogP contribution in [0.1, 0.15) is 13.8 Å². The Kier molecular flexibility index (Phi) is 5.46. The highest BCUT2D eigenvalue weighted by Gasteiger charge is 2.11. The lowest BCUT2D eigenvalue weighted by Crippen LogP contribution is -2.08. The van der Waals surface area contributed by atoms with Crippen LogP contribution in [0, 0.1) is 0 Å². The van der Waals surface area contributed by atoms with E-state index >= 15 is 0 Å². The molecule has 0 amide bonds. The van der Waals surface area contributed by atoms with Crippen LogP contribution in [0.5, 0.6) is 5.75 Å². The number of benzene rings is 2. The highest BCUT2D eigenvalue weighted by molar-refractivity contribution is 6.31. The average Bonchev–Trinajstić information content (AvgIpc) is 2.53. The molecule has 0 fully saturated rings. The third kappa shape index (κ3) is 3.51. The molecule has 126 valence electrons. The van der Waals surface area contributed by atoms with Crippen LogP contribution in [0.4, 0.5) is 5.69 Å². The summed E-state index contributed by atoms with van der Waals surface area (Å²) in [6, 6.07) is 11.1. The van der Waals surface area contributed by atoms with E-state index in [1.807, 2.05) is 24.3 Å². The fourth-order valence-electron chi connectivity index (χ4n) is 2.51. The number of halogens is 1. The Morgan fingerprint density at radius 1 is 1.21 bits per heavy atom. The second-order valence-corrected chi connectivity index (χ2v) is 5.54. The molecule has 0 bridgehead atoms. The van der Waals surface area contributed by atoms with Crippen molar-refractivity contribution >= 4 is 45.1 Å². The van der Waals surface area contributed by atoms with E-state index < -0.39 is 5.97 Å². The van der Waals surface area contributed by atoms with E-state index in [2.05, 4.69) is 10.3 Å². The number of aliphatic carboxylic acids is 1. The number of nitrogens with zero attached hydrogens (tertiary/aromatic N) is 1. The van der Waals surface area contributed by atoms with Gasteiger partial charge in [-0.3, -0.25) is 4.79 Å². The Morgan fingerprint density at radius 2 is 2.00 bits per heavy atom. The molecule has 0 aliphatic heterocycles. The third-order valence-electron chi connectivity index (χ3n) is 3.58. The SMILES string of the molecule is C.COc1ccc2nc3cc(Cl)ccc3c(NCCC(=O)O)c2c1. The standard InChI is InChI=1S/C17H15ClN2O3.CH4/c1-23-11-3-5-14-13(9-11)17(19-7-6-16(21)22)12-4-2-10(18)8-15(12)20-14;/h2-5,8-9H,6-7H2,1H3,(H,19,20)(H,21,22);1H4.